The topological polar surface area (TPSA) is 65.5 Å². The molecular formula is C7H11N3O2S. The lowest BCUT2D eigenvalue weighted by Crippen LogP contribution is -2.23. The van der Waals surface area contributed by atoms with Crippen LogP contribution in [0.3, 0.4) is 0 Å². The van der Waals surface area contributed by atoms with Gasteiger partial charge in [-0.1, -0.05) is 0 Å². The molecule has 1 rings (SSSR count). The molecule has 0 saturated carbocycles. The third-order valence-electron chi connectivity index (χ3n) is 1.47. The molecule has 6 heteroatoms. The van der Waals surface area contributed by atoms with Gasteiger partial charge in [0.1, 0.15) is 0 Å². The van der Waals surface area contributed by atoms with Crippen LogP contribution >= 0.6 is 11.3 Å². The molecule has 0 saturated heterocycles. The molecule has 0 aliphatic rings. The number of hydrogen-bond donors (Lipinski definition) is 2. The average Bonchev–Trinajstić information content (AvgIpc) is 2.52. The molecule has 0 unspecified atom stereocenters. The molecular weight excluding hydrogens is 190 g/mol. The maximum absolute atomic E-state index is 10.5. The van der Waals surface area contributed by atoms with Crippen LogP contribution in [-0.4, -0.2) is 30.3 Å². The van der Waals surface area contributed by atoms with Gasteiger partial charge >= 0.3 is 6.09 Å². The summed E-state index contributed by atoms with van der Waals surface area (Å²) in [6.45, 7) is 0.657. The summed E-state index contributed by atoms with van der Waals surface area (Å²) in [5, 5.41) is 13.9. The van der Waals surface area contributed by atoms with E-state index < -0.39 is 6.09 Å². The quantitative estimate of drug-likeness (QED) is 0.765. The highest BCUT2D eigenvalue weighted by Gasteiger charge is 2.11. The molecule has 1 aromatic rings. The zero-order valence-electron chi connectivity index (χ0n) is 7.44. The number of amides is 1. The van der Waals surface area contributed by atoms with Gasteiger partial charge in [-0.15, -0.1) is 11.3 Å². The normalized spacial score (nSPS) is 10.0. The Morgan fingerprint density at radius 2 is 2.54 bits per heavy atom. The highest BCUT2D eigenvalue weighted by molar-refractivity contribution is 7.13. The van der Waals surface area contributed by atoms with Crippen LogP contribution in [0.25, 0.3) is 0 Å². The van der Waals surface area contributed by atoms with Crippen LogP contribution in [0.15, 0.2) is 5.38 Å². The average molecular weight is 201 g/mol. The Bertz CT molecular complexity index is 300. The van der Waals surface area contributed by atoms with Gasteiger partial charge in [0.05, 0.1) is 5.69 Å². The van der Waals surface area contributed by atoms with Gasteiger partial charge in [0.2, 0.25) is 0 Å². The van der Waals surface area contributed by atoms with E-state index in [0.29, 0.717) is 11.7 Å². The van der Waals surface area contributed by atoms with Crippen molar-refractivity contribution in [1.29, 1.82) is 0 Å². The Labute approximate surface area is 80.0 Å². The highest BCUT2D eigenvalue weighted by atomic mass is 32.1. The molecule has 13 heavy (non-hydrogen) atoms. The maximum atomic E-state index is 10.5. The molecule has 0 atom stereocenters. The summed E-state index contributed by atoms with van der Waals surface area (Å²) >= 11 is 1.32. The Morgan fingerprint density at radius 3 is 3.08 bits per heavy atom. The molecule has 72 valence electrons. The SMILES string of the molecule is CNCc1csc(N(C)C(=O)O)n1. The van der Waals surface area contributed by atoms with Gasteiger partial charge in [0, 0.05) is 19.0 Å². The van der Waals surface area contributed by atoms with Crippen molar-refractivity contribution in [2.75, 3.05) is 19.0 Å². The third-order valence-corrected chi connectivity index (χ3v) is 2.44. The predicted molar refractivity (Wildman–Crippen MR) is 51.3 cm³/mol. The second kappa shape index (κ2) is 4.20. The Morgan fingerprint density at radius 1 is 1.85 bits per heavy atom. The van der Waals surface area contributed by atoms with E-state index in [1.54, 1.807) is 0 Å². The van der Waals surface area contributed by atoms with Gasteiger partial charge in [-0.3, -0.25) is 4.90 Å². The van der Waals surface area contributed by atoms with E-state index in [1.165, 1.54) is 18.4 Å². The van der Waals surface area contributed by atoms with Crippen molar-refractivity contribution in [3.63, 3.8) is 0 Å². The largest absolute Gasteiger partial charge is 0.465 e. The molecule has 1 heterocycles. The highest BCUT2D eigenvalue weighted by Crippen LogP contribution is 2.18. The van der Waals surface area contributed by atoms with Crippen molar-refractivity contribution in [2.45, 2.75) is 6.54 Å². The van der Waals surface area contributed by atoms with Crippen molar-refractivity contribution in [3.05, 3.63) is 11.1 Å². The smallest absolute Gasteiger partial charge is 0.413 e. The molecule has 1 aromatic heterocycles. The van der Waals surface area contributed by atoms with Crippen molar-refractivity contribution in [2.24, 2.45) is 0 Å². The number of anilines is 1. The van der Waals surface area contributed by atoms with E-state index in [1.807, 2.05) is 12.4 Å². The molecule has 0 aromatic carbocycles. The standard InChI is InChI=1S/C7H11N3O2S/c1-8-3-5-4-13-6(9-5)10(2)7(11)12/h4,8H,3H2,1-2H3,(H,11,12). The monoisotopic (exact) mass is 201 g/mol. The molecule has 5 nitrogen and oxygen atoms in total. The number of nitrogens with zero attached hydrogens (tertiary/aromatic N) is 2. The fourth-order valence-corrected chi connectivity index (χ4v) is 1.58. The summed E-state index contributed by atoms with van der Waals surface area (Å²) in [4.78, 5) is 15.8. The van der Waals surface area contributed by atoms with Gasteiger partial charge in [-0.05, 0) is 7.05 Å². The summed E-state index contributed by atoms with van der Waals surface area (Å²) in [5.74, 6) is 0. The maximum Gasteiger partial charge on any atom is 0.413 e. The van der Waals surface area contributed by atoms with Crippen molar-refractivity contribution in [1.82, 2.24) is 10.3 Å². The summed E-state index contributed by atoms with van der Waals surface area (Å²) < 4.78 is 0. The second-order valence-corrected chi connectivity index (χ2v) is 3.33. The first kappa shape index (κ1) is 9.94. The number of thiazole rings is 1. The van der Waals surface area contributed by atoms with Crippen molar-refractivity contribution < 1.29 is 9.90 Å². The van der Waals surface area contributed by atoms with E-state index >= 15 is 0 Å². The minimum absolute atomic E-state index is 0.498. The third kappa shape index (κ3) is 2.40. The zero-order valence-corrected chi connectivity index (χ0v) is 8.26. The zero-order chi connectivity index (χ0) is 9.84. The first-order valence-corrected chi connectivity index (χ1v) is 4.58. The minimum atomic E-state index is -0.995. The predicted octanol–water partition coefficient (Wildman–Crippen LogP) is 0.977. The van der Waals surface area contributed by atoms with E-state index in [4.69, 9.17) is 5.11 Å². The molecule has 0 aliphatic carbocycles. The van der Waals surface area contributed by atoms with Crippen LogP contribution in [0.5, 0.6) is 0 Å². The van der Waals surface area contributed by atoms with Crippen LogP contribution in [0.1, 0.15) is 5.69 Å². The molecule has 0 radical (unpaired) electrons. The molecule has 0 bridgehead atoms. The molecule has 0 fully saturated rings. The fraction of sp³-hybridized carbons (Fsp3) is 0.429. The lowest BCUT2D eigenvalue weighted by Gasteiger charge is -2.07. The molecule has 0 spiro atoms. The number of nitrogens with one attached hydrogen (secondary N) is 1. The number of hydrogen-bond acceptors (Lipinski definition) is 4. The van der Waals surface area contributed by atoms with E-state index in [2.05, 4.69) is 10.3 Å². The number of aromatic nitrogens is 1. The van der Waals surface area contributed by atoms with Gasteiger partial charge in [-0.2, -0.15) is 0 Å². The Balaban J connectivity index is 2.73. The first-order valence-electron chi connectivity index (χ1n) is 3.70. The van der Waals surface area contributed by atoms with Crippen LogP contribution < -0.4 is 10.2 Å². The molecule has 1 amide bonds. The van der Waals surface area contributed by atoms with Gasteiger partial charge in [0.15, 0.2) is 5.13 Å². The minimum Gasteiger partial charge on any atom is -0.465 e. The first-order chi connectivity index (χ1) is 6.15. The summed E-state index contributed by atoms with van der Waals surface area (Å²) in [6, 6.07) is 0. The van der Waals surface area contributed by atoms with Crippen molar-refractivity contribution in [3.8, 4) is 0 Å². The number of carboxylic acid groups (broad SMARTS) is 1. The van der Waals surface area contributed by atoms with Crippen molar-refractivity contribution >= 4 is 22.6 Å². The van der Waals surface area contributed by atoms with Crippen LogP contribution in [0, 0.1) is 0 Å². The summed E-state index contributed by atoms with van der Waals surface area (Å²) in [7, 11) is 3.30. The summed E-state index contributed by atoms with van der Waals surface area (Å²) in [5.41, 5.74) is 0.857. The van der Waals surface area contributed by atoms with Gasteiger partial charge in [0.25, 0.3) is 0 Å². The van der Waals surface area contributed by atoms with Crippen LogP contribution in [-0.2, 0) is 6.54 Å². The summed E-state index contributed by atoms with van der Waals surface area (Å²) in [6.07, 6.45) is -0.995. The van der Waals surface area contributed by atoms with E-state index in [-0.39, 0.29) is 0 Å². The van der Waals surface area contributed by atoms with Gasteiger partial charge in [-0.25, -0.2) is 9.78 Å². The fourth-order valence-electron chi connectivity index (χ4n) is 0.794. The number of rotatable bonds is 3. The number of carbonyl (C=O) groups is 1. The lowest BCUT2D eigenvalue weighted by molar-refractivity contribution is 0.203. The molecule has 2 N–H and O–H groups in total. The molecule has 0 aliphatic heterocycles. The van der Waals surface area contributed by atoms with Gasteiger partial charge < -0.3 is 10.4 Å². The van der Waals surface area contributed by atoms with E-state index in [9.17, 15) is 4.79 Å². The Kier molecular flexibility index (Phi) is 3.21. The van der Waals surface area contributed by atoms with Crippen LogP contribution in [0.4, 0.5) is 9.93 Å². The van der Waals surface area contributed by atoms with Crippen LogP contribution in [0.2, 0.25) is 0 Å². The lowest BCUT2D eigenvalue weighted by atomic mass is 10.5. The Hall–Kier alpha value is -1.14. The second-order valence-electron chi connectivity index (χ2n) is 2.49. The van der Waals surface area contributed by atoms with E-state index in [0.717, 1.165) is 10.6 Å².